The van der Waals surface area contributed by atoms with Crippen molar-refractivity contribution in [3.05, 3.63) is 38.7 Å². The predicted octanol–water partition coefficient (Wildman–Crippen LogP) is 2.52. The van der Waals surface area contributed by atoms with Crippen LogP contribution in [0.5, 0.6) is 0 Å². The van der Waals surface area contributed by atoms with E-state index >= 15 is 0 Å². The minimum absolute atomic E-state index is 0.202. The van der Waals surface area contributed by atoms with Crippen LogP contribution in [0.25, 0.3) is 0 Å². The minimum atomic E-state index is -0.202. The molecule has 0 saturated heterocycles. The highest BCUT2D eigenvalue weighted by Gasteiger charge is 2.10. The molecule has 2 aromatic rings. The van der Waals surface area contributed by atoms with Gasteiger partial charge in [-0.3, -0.25) is 4.57 Å². The number of nitrogens with zero attached hydrogens (tertiary/aromatic N) is 2. The molecule has 2 rings (SSSR count). The maximum absolute atomic E-state index is 11.4. The molecule has 0 bridgehead atoms. The Labute approximate surface area is 130 Å². The number of rotatable bonds is 5. The SMILES string of the molecule is CC(C)NCc1cc(Br)ccc1Sc1n[nH]c(=O)n1C. The Hall–Kier alpha value is -1.05. The number of nitrogens with one attached hydrogen (secondary N) is 2. The Morgan fingerprint density at radius 3 is 2.85 bits per heavy atom. The molecule has 0 amide bonds. The van der Waals surface area contributed by atoms with Crippen LogP contribution in [0.2, 0.25) is 0 Å². The van der Waals surface area contributed by atoms with E-state index in [1.807, 2.05) is 12.1 Å². The van der Waals surface area contributed by atoms with Gasteiger partial charge in [-0.2, -0.15) is 0 Å². The molecule has 1 aromatic heterocycles. The number of aromatic nitrogens is 3. The molecule has 0 aliphatic heterocycles. The first-order valence-corrected chi connectivity index (χ1v) is 7.89. The van der Waals surface area contributed by atoms with Crippen LogP contribution >= 0.6 is 27.7 Å². The molecule has 0 saturated carbocycles. The van der Waals surface area contributed by atoms with Crippen LogP contribution in [-0.4, -0.2) is 20.8 Å². The van der Waals surface area contributed by atoms with E-state index in [1.165, 1.54) is 21.9 Å². The number of benzene rings is 1. The van der Waals surface area contributed by atoms with Gasteiger partial charge in [-0.05, 0) is 35.5 Å². The molecule has 0 fully saturated rings. The van der Waals surface area contributed by atoms with Crippen molar-refractivity contribution in [2.75, 3.05) is 0 Å². The maximum Gasteiger partial charge on any atom is 0.343 e. The normalized spacial score (nSPS) is 11.2. The zero-order valence-corrected chi connectivity index (χ0v) is 14.0. The average Bonchev–Trinajstić information content (AvgIpc) is 2.71. The highest BCUT2D eigenvalue weighted by Crippen LogP contribution is 2.30. The van der Waals surface area contributed by atoms with Crippen LogP contribution in [0.15, 0.2) is 37.5 Å². The highest BCUT2D eigenvalue weighted by molar-refractivity contribution is 9.10. The summed E-state index contributed by atoms with van der Waals surface area (Å²) < 4.78 is 2.55. The molecule has 1 aromatic carbocycles. The largest absolute Gasteiger partial charge is 0.343 e. The van der Waals surface area contributed by atoms with Crippen molar-refractivity contribution in [2.45, 2.75) is 36.5 Å². The number of aromatic amines is 1. The van der Waals surface area contributed by atoms with Crippen molar-refractivity contribution in [3.8, 4) is 0 Å². The van der Waals surface area contributed by atoms with Crippen molar-refractivity contribution < 1.29 is 0 Å². The van der Waals surface area contributed by atoms with Gasteiger partial charge in [-0.15, -0.1) is 5.10 Å². The molecule has 0 aliphatic rings. The summed E-state index contributed by atoms with van der Waals surface area (Å²) in [7, 11) is 1.71. The van der Waals surface area contributed by atoms with Crippen molar-refractivity contribution in [1.82, 2.24) is 20.1 Å². The van der Waals surface area contributed by atoms with E-state index in [-0.39, 0.29) is 5.69 Å². The molecule has 0 unspecified atom stereocenters. The smallest absolute Gasteiger partial charge is 0.310 e. The summed E-state index contributed by atoms with van der Waals surface area (Å²) in [5, 5.41) is 10.5. The van der Waals surface area contributed by atoms with Crippen molar-refractivity contribution >= 4 is 27.7 Å². The van der Waals surface area contributed by atoms with Gasteiger partial charge in [0.2, 0.25) is 0 Å². The summed E-state index contributed by atoms with van der Waals surface area (Å²) >= 11 is 4.98. The van der Waals surface area contributed by atoms with Gasteiger partial charge in [0.25, 0.3) is 0 Å². The summed E-state index contributed by atoms with van der Waals surface area (Å²) in [6.45, 7) is 5.00. The van der Waals surface area contributed by atoms with E-state index < -0.39 is 0 Å². The molecule has 0 spiro atoms. The number of H-pyrrole nitrogens is 1. The summed E-state index contributed by atoms with van der Waals surface area (Å²) in [6, 6.07) is 6.53. The fourth-order valence-electron chi connectivity index (χ4n) is 1.62. The quantitative estimate of drug-likeness (QED) is 0.863. The molecular formula is C13H17BrN4OS. The summed E-state index contributed by atoms with van der Waals surface area (Å²) in [5.74, 6) is 0. The monoisotopic (exact) mass is 356 g/mol. The molecule has 0 atom stereocenters. The van der Waals surface area contributed by atoms with Gasteiger partial charge in [0.05, 0.1) is 0 Å². The molecule has 0 radical (unpaired) electrons. The van der Waals surface area contributed by atoms with Gasteiger partial charge in [0.15, 0.2) is 5.16 Å². The summed E-state index contributed by atoms with van der Waals surface area (Å²) in [6.07, 6.45) is 0. The molecular weight excluding hydrogens is 340 g/mol. The average molecular weight is 357 g/mol. The second-order valence-corrected chi connectivity index (χ2v) is 6.68. The Bertz CT molecular complexity index is 650. The van der Waals surface area contributed by atoms with Crippen molar-refractivity contribution in [2.24, 2.45) is 7.05 Å². The lowest BCUT2D eigenvalue weighted by Crippen LogP contribution is -2.22. The van der Waals surface area contributed by atoms with E-state index in [9.17, 15) is 4.79 Å². The molecule has 108 valence electrons. The predicted molar refractivity (Wildman–Crippen MR) is 84.1 cm³/mol. The van der Waals surface area contributed by atoms with Gasteiger partial charge in [-0.25, -0.2) is 9.89 Å². The second-order valence-electron chi connectivity index (χ2n) is 4.76. The van der Waals surface area contributed by atoms with E-state index in [1.54, 1.807) is 7.05 Å². The van der Waals surface area contributed by atoms with Gasteiger partial charge >= 0.3 is 5.69 Å². The van der Waals surface area contributed by atoms with Crippen LogP contribution in [0.1, 0.15) is 19.4 Å². The van der Waals surface area contributed by atoms with E-state index in [0.29, 0.717) is 11.2 Å². The highest BCUT2D eigenvalue weighted by atomic mass is 79.9. The van der Waals surface area contributed by atoms with Crippen LogP contribution in [0, 0.1) is 0 Å². The maximum atomic E-state index is 11.4. The first kappa shape index (κ1) is 15.3. The Balaban J connectivity index is 2.26. The Morgan fingerprint density at radius 1 is 1.50 bits per heavy atom. The number of hydrogen-bond acceptors (Lipinski definition) is 4. The summed E-state index contributed by atoms with van der Waals surface area (Å²) in [5.41, 5.74) is 0.972. The fourth-order valence-corrected chi connectivity index (χ4v) is 2.94. The Morgan fingerprint density at radius 2 is 2.25 bits per heavy atom. The van der Waals surface area contributed by atoms with Crippen LogP contribution in [0.4, 0.5) is 0 Å². The van der Waals surface area contributed by atoms with Gasteiger partial charge in [0, 0.05) is 29.0 Å². The third-order valence-corrected chi connectivity index (χ3v) is 4.42. The van der Waals surface area contributed by atoms with Gasteiger partial charge in [-0.1, -0.05) is 29.8 Å². The molecule has 7 heteroatoms. The van der Waals surface area contributed by atoms with Crippen LogP contribution < -0.4 is 11.0 Å². The van der Waals surface area contributed by atoms with E-state index in [2.05, 4.69) is 51.4 Å². The minimum Gasteiger partial charge on any atom is -0.310 e. The second kappa shape index (κ2) is 6.60. The van der Waals surface area contributed by atoms with Gasteiger partial charge in [0.1, 0.15) is 0 Å². The first-order valence-electron chi connectivity index (χ1n) is 6.28. The standard InChI is InChI=1S/C13H17BrN4OS/c1-8(2)15-7-9-6-10(14)4-5-11(9)20-13-17-16-12(19)18(13)3/h4-6,8,15H,7H2,1-3H3,(H,16,19). The van der Waals surface area contributed by atoms with Crippen molar-refractivity contribution in [1.29, 1.82) is 0 Å². The Kier molecular flexibility index (Phi) is 5.06. The zero-order chi connectivity index (χ0) is 14.7. The van der Waals surface area contributed by atoms with Crippen molar-refractivity contribution in [3.63, 3.8) is 0 Å². The number of hydrogen-bond donors (Lipinski definition) is 2. The topological polar surface area (TPSA) is 62.7 Å². The lowest BCUT2D eigenvalue weighted by molar-refractivity contribution is 0.584. The first-order chi connectivity index (χ1) is 9.47. The lowest BCUT2D eigenvalue weighted by atomic mass is 10.2. The molecule has 2 N–H and O–H groups in total. The van der Waals surface area contributed by atoms with E-state index in [4.69, 9.17) is 0 Å². The molecule has 20 heavy (non-hydrogen) atoms. The molecule has 0 aliphatic carbocycles. The number of halogens is 1. The fraction of sp³-hybridized carbons (Fsp3) is 0.385. The van der Waals surface area contributed by atoms with Crippen LogP contribution in [-0.2, 0) is 13.6 Å². The van der Waals surface area contributed by atoms with Crippen LogP contribution in [0.3, 0.4) is 0 Å². The van der Waals surface area contributed by atoms with E-state index in [0.717, 1.165) is 15.9 Å². The molecule has 1 heterocycles. The van der Waals surface area contributed by atoms with Gasteiger partial charge < -0.3 is 5.32 Å². The molecule has 5 nitrogen and oxygen atoms in total. The third kappa shape index (κ3) is 3.74. The third-order valence-electron chi connectivity index (χ3n) is 2.76. The summed E-state index contributed by atoms with van der Waals surface area (Å²) in [4.78, 5) is 12.5. The zero-order valence-electron chi connectivity index (χ0n) is 11.6. The lowest BCUT2D eigenvalue weighted by Gasteiger charge is -2.12.